The van der Waals surface area contributed by atoms with Crippen molar-refractivity contribution in [1.29, 1.82) is 5.26 Å². The molecule has 2 amide bonds. The SMILES string of the molecule is N#Cc1cccc(Cl)c1-n1nc(Nc2ccc(C(=O)N3CC[C@@H](F)C3)cc2)c(C(N)=O)n1. The molecule has 0 spiro atoms. The Kier molecular flexibility index (Phi) is 5.75. The van der Waals surface area contributed by atoms with E-state index < -0.39 is 12.1 Å². The predicted octanol–water partition coefficient (Wildman–Crippen LogP) is 2.82. The summed E-state index contributed by atoms with van der Waals surface area (Å²) in [5, 5.41) is 20.8. The van der Waals surface area contributed by atoms with Crippen molar-refractivity contribution in [3.05, 3.63) is 64.3 Å². The number of carbonyl (C=O) groups is 2. The summed E-state index contributed by atoms with van der Waals surface area (Å²) in [4.78, 5) is 26.9. The monoisotopic (exact) mass is 453 g/mol. The molecule has 0 radical (unpaired) electrons. The molecule has 0 aliphatic carbocycles. The molecular formula is C21H17ClFN7O2. The van der Waals surface area contributed by atoms with Crippen molar-refractivity contribution in [2.45, 2.75) is 12.6 Å². The summed E-state index contributed by atoms with van der Waals surface area (Å²) in [6.45, 7) is 0.481. The lowest BCUT2D eigenvalue weighted by molar-refractivity contribution is 0.0782. The van der Waals surface area contributed by atoms with Gasteiger partial charge in [-0.15, -0.1) is 15.0 Å². The summed E-state index contributed by atoms with van der Waals surface area (Å²) >= 11 is 6.21. The second-order valence-electron chi connectivity index (χ2n) is 7.14. The molecular weight excluding hydrogens is 437 g/mol. The molecule has 1 fully saturated rings. The van der Waals surface area contributed by atoms with Crippen LogP contribution in [0.2, 0.25) is 5.02 Å². The standard InChI is InChI=1S/C21H17ClFN7O2/c22-16-3-1-2-13(10-24)18(16)30-27-17(19(25)31)20(28-30)26-15-6-4-12(5-7-15)21(32)29-9-8-14(23)11-29/h1-7,14H,8-9,11H2,(H2,25,31)(H,26,28)/t14-/m1/s1. The molecule has 1 saturated heterocycles. The minimum Gasteiger partial charge on any atom is -0.364 e. The summed E-state index contributed by atoms with van der Waals surface area (Å²) in [5.74, 6) is -1.02. The first-order valence-corrected chi connectivity index (χ1v) is 10.0. The normalized spacial score (nSPS) is 15.4. The first-order chi connectivity index (χ1) is 15.4. The van der Waals surface area contributed by atoms with Crippen LogP contribution in [0.25, 0.3) is 5.69 Å². The molecule has 1 aromatic heterocycles. The maximum absolute atomic E-state index is 13.4. The van der Waals surface area contributed by atoms with Crippen molar-refractivity contribution in [2.75, 3.05) is 18.4 Å². The molecule has 3 aromatic rings. The third-order valence-electron chi connectivity index (χ3n) is 4.97. The van der Waals surface area contributed by atoms with Gasteiger partial charge in [-0.1, -0.05) is 17.7 Å². The Hall–Kier alpha value is -3.97. The Bertz CT molecular complexity index is 1240. The molecule has 3 N–H and O–H groups in total. The average molecular weight is 454 g/mol. The fraction of sp³-hybridized carbons (Fsp3) is 0.190. The number of nitrogens with zero attached hydrogens (tertiary/aromatic N) is 5. The molecule has 0 bridgehead atoms. The number of nitriles is 1. The molecule has 162 valence electrons. The number of hydrogen-bond donors (Lipinski definition) is 2. The van der Waals surface area contributed by atoms with E-state index in [-0.39, 0.29) is 40.2 Å². The van der Waals surface area contributed by atoms with Gasteiger partial charge < -0.3 is 16.0 Å². The smallest absolute Gasteiger partial charge is 0.273 e. The number of anilines is 2. The van der Waals surface area contributed by atoms with E-state index in [1.165, 1.54) is 4.90 Å². The third kappa shape index (κ3) is 4.10. The second kappa shape index (κ2) is 8.64. The van der Waals surface area contributed by atoms with Crippen LogP contribution in [0.1, 0.15) is 32.8 Å². The molecule has 1 aliphatic heterocycles. The average Bonchev–Trinajstić information content (AvgIpc) is 3.40. The number of amides is 2. The molecule has 1 atom stereocenters. The summed E-state index contributed by atoms with van der Waals surface area (Å²) in [5.41, 5.74) is 6.65. The van der Waals surface area contributed by atoms with Gasteiger partial charge in [0.1, 0.15) is 17.9 Å². The quantitative estimate of drug-likeness (QED) is 0.611. The van der Waals surface area contributed by atoms with E-state index >= 15 is 0 Å². The predicted molar refractivity (Wildman–Crippen MR) is 115 cm³/mol. The number of carbonyl (C=O) groups excluding carboxylic acids is 2. The Balaban J connectivity index is 1.60. The number of benzene rings is 2. The van der Waals surface area contributed by atoms with Gasteiger partial charge in [0.15, 0.2) is 11.5 Å². The minimum atomic E-state index is -0.991. The highest BCUT2D eigenvalue weighted by molar-refractivity contribution is 6.32. The molecule has 11 heteroatoms. The van der Waals surface area contributed by atoms with Crippen molar-refractivity contribution >= 4 is 34.9 Å². The van der Waals surface area contributed by atoms with Crippen molar-refractivity contribution in [3.8, 4) is 11.8 Å². The number of nitrogens with one attached hydrogen (secondary N) is 1. The number of para-hydroxylation sites is 1. The zero-order valence-electron chi connectivity index (χ0n) is 16.6. The Morgan fingerprint density at radius 2 is 1.97 bits per heavy atom. The number of primary amides is 1. The lowest BCUT2D eigenvalue weighted by atomic mass is 10.2. The van der Waals surface area contributed by atoms with Crippen molar-refractivity contribution in [3.63, 3.8) is 0 Å². The van der Waals surface area contributed by atoms with Gasteiger partial charge in [-0.3, -0.25) is 9.59 Å². The van der Waals surface area contributed by atoms with Gasteiger partial charge in [-0.25, -0.2) is 4.39 Å². The molecule has 2 heterocycles. The molecule has 1 aliphatic rings. The third-order valence-corrected chi connectivity index (χ3v) is 5.27. The van der Waals surface area contributed by atoms with Crippen molar-refractivity contribution in [1.82, 2.24) is 19.9 Å². The van der Waals surface area contributed by atoms with Crippen LogP contribution in [0.3, 0.4) is 0 Å². The zero-order chi connectivity index (χ0) is 22.8. The van der Waals surface area contributed by atoms with Gasteiger partial charge in [0.25, 0.3) is 11.8 Å². The van der Waals surface area contributed by atoms with Gasteiger partial charge in [0, 0.05) is 17.8 Å². The van der Waals surface area contributed by atoms with Crippen LogP contribution < -0.4 is 11.1 Å². The Labute approximate surface area is 187 Å². The number of hydrogen-bond acceptors (Lipinski definition) is 6. The molecule has 4 rings (SSSR count). The van der Waals surface area contributed by atoms with Gasteiger partial charge >= 0.3 is 0 Å². The van der Waals surface area contributed by atoms with Crippen LogP contribution >= 0.6 is 11.6 Å². The first-order valence-electron chi connectivity index (χ1n) is 9.64. The highest BCUT2D eigenvalue weighted by Gasteiger charge is 2.26. The second-order valence-corrected chi connectivity index (χ2v) is 7.55. The Morgan fingerprint density at radius 1 is 1.22 bits per heavy atom. The van der Waals surface area contributed by atoms with Crippen LogP contribution in [0.4, 0.5) is 15.9 Å². The van der Waals surface area contributed by atoms with Gasteiger partial charge in [0.2, 0.25) is 0 Å². The number of alkyl halides is 1. The lowest BCUT2D eigenvalue weighted by Gasteiger charge is -2.15. The van der Waals surface area contributed by atoms with Gasteiger partial charge in [-0.2, -0.15) is 5.26 Å². The van der Waals surface area contributed by atoms with E-state index in [0.717, 1.165) is 4.80 Å². The molecule has 32 heavy (non-hydrogen) atoms. The largest absolute Gasteiger partial charge is 0.364 e. The number of aromatic nitrogens is 3. The highest BCUT2D eigenvalue weighted by Crippen LogP contribution is 2.26. The maximum Gasteiger partial charge on any atom is 0.273 e. The van der Waals surface area contributed by atoms with E-state index in [4.69, 9.17) is 17.3 Å². The zero-order valence-corrected chi connectivity index (χ0v) is 17.4. The van der Waals surface area contributed by atoms with Crippen molar-refractivity contribution in [2.24, 2.45) is 5.73 Å². The van der Waals surface area contributed by atoms with E-state index in [0.29, 0.717) is 24.2 Å². The first kappa shape index (κ1) is 21.3. The minimum absolute atomic E-state index is 0.0557. The van der Waals surface area contributed by atoms with Crippen LogP contribution in [-0.2, 0) is 0 Å². The highest BCUT2D eigenvalue weighted by atomic mass is 35.5. The maximum atomic E-state index is 13.4. The van der Waals surface area contributed by atoms with Crippen LogP contribution in [0.15, 0.2) is 42.5 Å². The molecule has 0 unspecified atom stereocenters. The van der Waals surface area contributed by atoms with Crippen LogP contribution in [-0.4, -0.2) is 51.0 Å². The van der Waals surface area contributed by atoms with Gasteiger partial charge in [-0.05, 0) is 42.8 Å². The lowest BCUT2D eigenvalue weighted by Crippen LogP contribution is -2.28. The molecule has 9 nitrogen and oxygen atoms in total. The van der Waals surface area contributed by atoms with E-state index in [1.54, 1.807) is 42.5 Å². The summed E-state index contributed by atoms with van der Waals surface area (Å²) in [6.07, 6.45) is -0.648. The van der Waals surface area contributed by atoms with Gasteiger partial charge in [0.05, 0.1) is 17.1 Å². The molecule has 0 saturated carbocycles. The number of nitrogens with two attached hydrogens (primary N) is 1. The summed E-state index contributed by atoms with van der Waals surface area (Å²) in [7, 11) is 0. The number of likely N-dealkylation sites (tertiary alicyclic amines) is 1. The topological polar surface area (TPSA) is 130 Å². The number of halogens is 2. The fourth-order valence-corrected chi connectivity index (χ4v) is 3.63. The van der Waals surface area contributed by atoms with E-state index in [2.05, 4.69) is 15.5 Å². The van der Waals surface area contributed by atoms with Crippen LogP contribution in [0, 0.1) is 11.3 Å². The van der Waals surface area contributed by atoms with Crippen LogP contribution in [0.5, 0.6) is 0 Å². The summed E-state index contributed by atoms with van der Waals surface area (Å²) < 4.78 is 13.4. The number of rotatable bonds is 5. The van der Waals surface area contributed by atoms with Crippen molar-refractivity contribution < 1.29 is 14.0 Å². The molecule has 2 aromatic carbocycles. The van der Waals surface area contributed by atoms with E-state index in [9.17, 15) is 19.2 Å². The van der Waals surface area contributed by atoms with E-state index in [1.807, 2.05) is 6.07 Å². The fourth-order valence-electron chi connectivity index (χ4n) is 3.38. The summed E-state index contributed by atoms with van der Waals surface area (Å²) in [6, 6.07) is 13.2. The Morgan fingerprint density at radius 3 is 2.59 bits per heavy atom.